The lowest BCUT2D eigenvalue weighted by molar-refractivity contribution is 0.590. The predicted molar refractivity (Wildman–Crippen MR) is 114 cm³/mol. The van der Waals surface area contributed by atoms with Gasteiger partial charge in [0.25, 0.3) is 0 Å². The molecule has 0 fully saturated rings. The molecule has 2 aliphatic heterocycles. The van der Waals surface area contributed by atoms with E-state index in [0.717, 1.165) is 24.2 Å². The fraction of sp³-hybridized carbons (Fsp3) is 0.417. The maximum absolute atomic E-state index is 4.35. The molecule has 0 amide bonds. The van der Waals surface area contributed by atoms with E-state index in [4.69, 9.17) is 0 Å². The van der Waals surface area contributed by atoms with Gasteiger partial charge in [0.1, 0.15) is 0 Å². The van der Waals surface area contributed by atoms with E-state index in [9.17, 15) is 0 Å². The van der Waals surface area contributed by atoms with Crippen LogP contribution in [-0.4, -0.2) is 12.4 Å². The lowest BCUT2D eigenvalue weighted by atomic mass is 9.86. The molecule has 2 aliphatic rings. The van der Waals surface area contributed by atoms with Crippen LogP contribution in [0.25, 0.3) is 0 Å². The molecule has 26 heavy (non-hydrogen) atoms. The molecular formula is C24H30N2. The second kappa shape index (κ2) is 6.83. The molecule has 0 aromatic heterocycles. The molecule has 0 radical (unpaired) electrons. The first-order chi connectivity index (χ1) is 12.1. The van der Waals surface area contributed by atoms with E-state index in [2.05, 4.69) is 87.9 Å². The first-order valence-corrected chi connectivity index (χ1v) is 9.46. The average molecular weight is 347 g/mol. The van der Waals surface area contributed by atoms with Gasteiger partial charge in [-0.3, -0.25) is 9.98 Å². The second-order valence-electron chi connectivity index (χ2n) is 9.22. The number of aliphatic imine (C=N–C) groups is 2. The van der Waals surface area contributed by atoms with Crippen LogP contribution in [0.5, 0.6) is 0 Å². The van der Waals surface area contributed by atoms with Crippen LogP contribution in [0, 0.1) is 0 Å². The minimum absolute atomic E-state index is 0.229. The predicted octanol–water partition coefficient (Wildman–Crippen LogP) is 6.49. The van der Waals surface area contributed by atoms with Gasteiger partial charge in [0.05, 0.1) is 11.4 Å². The van der Waals surface area contributed by atoms with Gasteiger partial charge in [-0.15, -0.1) is 0 Å². The maximum atomic E-state index is 4.35. The van der Waals surface area contributed by atoms with Gasteiger partial charge < -0.3 is 0 Å². The summed E-state index contributed by atoms with van der Waals surface area (Å²) in [5.74, 6) is 0. The Morgan fingerprint density at radius 3 is 1.35 bits per heavy atom. The molecule has 0 unspecified atom stereocenters. The SMILES string of the molecule is CC(C)(C)c1ccc2c(c1)N=CC2.CC(C)(C)c1ccc2c(c1)N=CC2. The zero-order valence-electron chi connectivity index (χ0n) is 16.9. The van der Waals surface area contributed by atoms with Crippen LogP contribution in [0.3, 0.4) is 0 Å². The van der Waals surface area contributed by atoms with Gasteiger partial charge in [-0.05, 0) is 45.2 Å². The van der Waals surface area contributed by atoms with Crippen molar-refractivity contribution in [2.75, 3.05) is 0 Å². The highest BCUT2D eigenvalue weighted by atomic mass is 14.7. The highest BCUT2D eigenvalue weighted by molar-refractivity contribution is 5.76. The highest BCUT2D eigenvalue weighted by Crippen LogP contribution is 2.31. The number of benzene rings is 2. The van der Waals surface area contributed by atoms with Crippen molar-refractivity contribution in [2.24, 2.45) is 9.98 Å². The molecule has 0 atom stereocenters. The van der Waals surface area contributed by atoms with Gasteiger partial charge in [0.15, 0.2) is 0 Å². The Kier molecular flexibility index (Phi) is 4.88. The molecule has 2 aromatic rings. The van der Waals surface area contributed by atoms with Crippen molar-refractivity contribution < 1.29 is 0 Å². The highest BCUT2D eigenvalue weighted by Gasteiger charge is 2.17. The van der Waals surface area contributed by atoms with Gasteiger partial charge in [0, 0.05) is 25.3 Å². The minimum atomic E-state index is 0.229. The minimum Gasteiger partial charge on any atom is -0.261 e. The van der Waals surface area contributed by atoms with Crippen molar-refractivity contribution in [3.05, 3.63) is 58.7 Å². The summed E-state index contributed by atoms with van der Waals surface area (Å²) < 4.78 is 0. The number of hydrogen-bond acceptors (Lipinski definition) is 2. The van der Waals surface area contributed by atoms with Gasteiger partial charge in [-0.25, -0.2) is 0 Å². The molecule has 2 nitrogen and oxygen atoms in total. The maximum Gasteiger partial charge on any atom is 0.0664 e. The van der Waals surface area contributed by atoms with Crippen LogP contribution in [0.2, 0.25) is 0 Å². The van der Waals surface area contributed by atoms with Crippen LogP contribution >= 0.6 is 0 Å². The summed E-state index contributed by atoms with van der Waals surface area (Å²) in [5, 5.41) is 0. The first-order valence-electron chi connectivity index (χ1n) is 9.46. The smallest absolute Gasteiger partial charge is 0.0664 e. The Morgan fingerprint density at radius 1 is 0.615 bits per heavy atom. The van der Waals surface area contributed by atoms with E-state index < -0.39 is 0 Å². The quantitative estimate of drug-likeness (QED) is 0.521. The summed E-state index contributed by atoms with van der Waals surface area (Å²) in [5.41, 5.74) is 8.22. The topological polar surface area (TPSA) is 24.7 Å². The van der Waals surface area contributed by atoms with Crippen molar-refractivity contribution in [2.45, 2.75) is 65.2 Å². The van der Waals surface area contributed by atoms with Gasteiger partial charge in [-0.2, -0.15) is 0 Å². The summed E-state index contributed by atoms with van der Waals surface area (Å²) >= 11 is 0. The van der Waals surface area contributed by atoms with E-state index in [1.54, 1.807) is 0 Å². The van der Waals surface area contributed by atoms with Crippen LogP contribution in [0.4, 0.5) is 11.4 Å². The van der Waals surface area contributed by atoms with Crippen LogP contribution in [0.1, 0.15) is 63.8 Å². The number of fused-ring (bicyclic) bond motifs is 2. The molecule has 0 spiro atoms. The third kappa shape index (κ3) is 4.12. The third-order valence-corrected chi connectivity index (χ3v) is 4.99. The van der Waals surface area contributed by atoms with Gasteiger partial charge >= 0.3 is 0 Å². The third-order valence-electron chi connectivity index (χ3n) is 4.99. The lowest BCUT2D eigenvalue weighted by Gasteiger charge is -2.19. The fourth-order valence-corrected chi connectivity index (χ4v) is 3.13. The molecule has 0 saturated heterocycles. The van der Waals surface area contributed by atoms with E-state index in [1.807, 2.05) is 12.4 Å². The van der Waals surface area contributed by atoms with E-state index in [1.165, 1.54) is 22.3 Å². The zero-order valence-corrected chi connectivity index (χ0v) is 16.9. The summed E-state index contributed by atoms with van der Waals surface area (Å²) in [4.78, 5) is 8.70. The molecule has 2 aromatic carbocycles. The molecule has 4 rings (SSSR count). The molecule has 0 aliphatic carbocycles. The zero-order chi connectivity index (χ0) is 18.9. The Labute approximate surface area is 158 Å². The lowest BCUT2D eigenvalue weighted by Crippen LogP contribution is -2.10. The second-order valence-corrected chi connectivity index (χ2v) is 9.22. The number of rotatable bonds is 0. The van der Waals surface area contributed by atoms with Crippen molar-refractivity contribution in [1.82, 2.24) is 0 Å². The Morgan fingerprint density at radius 2 is 1.00 bits per heavy atom. The first kappa shape index (κ1) is 18.6. The van der Waals surface area contributed by atoms with Crippen LogP contribution in [0.15, 0.2) is 46.4 Å². The fourth-order valence-electron chi connectivity index (χ4n) is 3.13. The Bertz CT molecular complexity index is 785. The molecule has 0 saturated carbocycles. The monoisotopic (exact) mass is 346 g/mol. The van der Waals surface area contributed by atoms with Crippen molar-refractivity contribution in [1.29, 1.82) is 0 Å². The van der Waals surface area contributed by atoms with Crippen molar-refractivity contribution >= 4 is 23.8 Å². The average Bonchev–Trinajstić information content (AvgIpc) is 3.21. The molecule has 0 bridgehead atoms. The summed E-state index contributed by atoms with van der Waals surface area (Å²) in [6.07, 6.45) is 5.97. The molecule has 0 N–H and O–H groups in total. The molecule has 136 valence electrons. The summed E-state index contributed by atoms with van der Waals surface area (Å²) in [7, 11) is 0. The van der Waals surface area contributed by atoms with E-state index in [-0.39, 0.29) is 10.8 Å². The van der Waals surface area contributed by atoms with Crippen molar-refractivity contribution in [3.63, 3.8) is 0 Å². The van der Waals surface area contributed by atoms with E-state index >= 15 is 0 Å². The molecular weight excluding hydrogens is 316 g/mol. The largest absolute Gasteiger partial charge is 0.261 e. The molecule has 2 heterocycles. The van der Waals surface area contributed by atoms with Crippen molar-refractivity contribution in [3.8, 4) is 0 Å². The normalized spacial score (nSPS) is 14.7. The van der Waals surface area contributed by atoms with E-state index in [0.29, 0.717) is 0 Å². The van der Waals surface area contributed by atoms with Crippen LogP contribution < -0.4 is 0 Å². The van der Waals surface area contributed by atoms with Gasteiger partial charge in [0.2, 0.25) is 0 Å². The summed E-state index contributed by atoms with van der Waals surface area (Å²) in [6, 6.07) is 13.2. The standard InChI is InChI=1S/2C12H15N/c2*1-12(2,3)10-5-4-9-6-7-13-11(9)8-10/h2*4-5,7-8H,6H2,1-3H3. The van der Waals surface area contributed by atoms with Crippen LogP contribution in [-0.2, 0) is 23.7 Å². The number of nitrogens with zero attached hydrogens (tertiary/aromatic N) is 2. The molecule has 2 heteroatoms. The summed E-state index contributed by atoms with van der Waals surface area (Å²) in [6.45, 7) is 13.4. The Hall–Kier alpha value is -2.22. The van der Waals surface area contributed by atoms with Gasteiger partial charge in [-0.1, -0.05) is 65.8 Å². The Balaban J connectivity index is 0.000000151. The number of hydrogen-bond donors (Lipinski definition) is 0.